The lowest BCUT2D eigenvalue weighted by molar-refractivity contribution is 0.552. The minimum absolute atomic E-state index is 0.998. The summed E-state index contributed by atoms with van der Waals surface area (Å²) in [6.07, 6.45) is 5.71. The quantitative estimate of drug-likeness (QED) is 0.549. The van der Waals surface area contributed by atoms with Crippen LogP contribution < -0.4 is 0 Å². The molecule has 0 N–H and O–H groups in total. The Balaban J connectivity index is 2.15. The van der Waals surface area contributed by atoms with Gasteiger partial charge >= 0.3 is 0 Å². The second-order valence-corrected chi connectivity index (χ2v) is 3.45. The van der Waals surface area contributed by atoms with Gasteiger partial charge in [-0.2, -0.15) is 17.7 Å². The molecule has 0 radical (unpaired) electrons. The van der Waals surface area contributed by atoms with Crippen LogP contribution in [0.5, 0.6) is 0 Å². The molecule has 0 unspecified atom stereocenters. The Morgan fingerprint density at radius 3 is 2.83 bits per heavy atom. The van der Waals surface area contributed by atoms with E-state index in [9.17, 15) is 0 Å². The van der Waals surface area contributed by atoms with Gasteiger partial charge in [0.2, 0.25) is 0 Å². The van der Waals surface area contributed by atoms with Crippen LogP contribution in [-0.2, 0) is 6.54 Å². The largest absolute Gasteiger partial charge is 0.273 e. The smallest absolute Gasteiger partial charge is 0.0593 e. The third-order valence-corrected chi connectivity index (χ3v) is 2.14. The highest BCUT2D eigenvalue weighted by Crippen LogP contribution is 2.00. The zero-order valence-electron chi connectivity index (χ0n) is 7.53. The zero-order valence-corrected chi connectivity index (χ0v) is 8.43. The Morgan fingerprint density at radius 1 is 1.42 bits per heavy atom. The summed E-state index contributed by atoms with van der Waals surface area (Å²) in [5.41, 5.74) is 1.10. The summed E-state index contributed by atoms with van der Waals surface area (Å²) in [5, 5.41) is 4.31. The van der Waals surface area contributed by atoms with Gasteiger partial charge in [-0.25, -0.2) is 0 Å². The Morgan fingerprint density at radius 2 is 2.25 bits per heavy atom. The molecule has 12 heavy (non-hydrogen) atoms. The fourth-order valence-electron chi connectivity index (χ4n) is 1.15. The first kappa shape index (κ1) is 9.65. The lowest BCUT2D eigenvalue weighted by Gasteiger charge is -1.99. The van der Waals surface area contributed by atoms with Crippen molar-refractivity contribution < 1.29 is 0 Å². The molecule has 68 valence electrons. The van der Waals surface area contributed by atoms with Crippen molar-refractivity contribution in [3.8, 4) is 0 Å². The van der Waals surface area contributed by atoms with Crippen LogP contribution in [0.15, 0.2) is 12.3 Å². The SMILES string of the molecule is Cc1ccn(CCCCCS)n1. The highest BCUT2D eigenvalue weighted by Gasteiger charge is 1.93. The van der Waals surface area contributed by atoms with E-state index in [2.05, 4.69) is 17.7 Å². The van der Waals surface area contributed by atoms with Crippen molar-refractivity contribution in [2.24, 2.45) is 0 Å². The molecular weight excluding hydrogens is 168 g/mol. The average Bonchev–Trinajstić information content (AvgIpc) is 2.45. The predicted molar refractivity (Wildman–Crippen MR) is 54.7 cm³/mol. The summed E-state index contributed by atoms with van der Waals surface area (Å²) < 4.78 is 2.01. The van der Waals surface area contributed by atoms with E-state index in [-0.39, 0.29) is 0 Å². The van der Waals surface area contributed by atoms with Gasteiger partial charge in [-0.1, -0.05) is 6.42 Å². The molecule has 0 spiro atoms. The molecule has 0 amide bonds. The van der Waals surface area contributed by atoms with E-state index in [1.807, 2.05) is 23.9 Å². The van der Waals surface area contributed by atoms with Crippen LogP contribution in [0, 0.1) is 6.92 Å². The van der Waals surface area contributed by atoms with Crippen LogP contribution in [0.4, 0.5) is 0 Å². The van der Waals surface area contributed by atoms with Gasteiger partial charge in [-0.05, 0) is 31.6 Å². The predicted octanol–water partition coefficient (Wildman–Crippen LogP) is 2.29. The summed E-state index contributed by atoms with van der Waals surface area (Å²) in [7, 11) is 0. The number of rotatable bonds is 5. The normalized spacial score (nSPS) is 10.5. The van der Waals surface area contributed by atoms with Crippen molar-refractivity contribution >= 4 is 12.6 Å². The van der Waals surface area contributed by atoms with Crippen molar-refractivity contribution in [3.05, 3.63) is 18.0 Å². The molecule has 0 aliphatic carbocycles. The number of nitrogens with zero attached hydrogens (tertiary/aromatic N) is 2. The molecule has 1 heterocycles. The number of hydrogen-bond donors (Lipinski definition) is 1. The molecule has 0 bridgehead atoms. The highest BCUT2D eigenvalue weighted by molar-refractivity contribution is 7.80. The summed E-state index contributed by atoms with van der Waals surface area (Å²) in [6, 6.07) is 2.04. The molecular formula is C9H16N2S. The van der Waals surface area contributed by atoms with E-state index in [0.29, 0.717) is 0 Å². The van der Waals surface area contributed by atoms with Crippen LogP contribution in [0.25, 0.3) is 0 Å². The number of aromatic nitrogens is 2. The van der Waals surface area contributed by atoms with Gasteiger partial charge in [0.05, 0.1) is 5.69 Å². The van der Waals surface area contributed by atoms with E-state index in [1.54, 1.807) is 0 Å². The van der Waals surface area contributed by atoms with E-state index in [0.717, 1.165) is 18.0 Å². The lowest BCUT2D eigenvalue weighted by Crippen LogP contribution is -1.98. The highest BCUT2D eigenvalue weighted by atomic mass is 32.1. The number of hydrogen-bond acceptors (Lipinski definition) is 2. The maximum absolute atomic E-state index is 4.31. The molecule has 0 aromatic carbocycles. The van der Waals surface area contributed by atoms with Crippen molar-refractivity contribution in [3.63, 3.8) is 0 Å². The molecule has 1 aromatic rings. The van der Waals surface area contributed by atoms with Crippen molar-refractivity contribution in [2.45, 2.75) is 32.7 Å². The summed E-state index contributed by atoms with van der Waals surface area (Å²) in [5.74, 6) is 0.998. The number of aryl methyl sites for hydroxylation is 2. The van der Waals surface area contributed by atoms with Crippen LogP contribution in [0.3, 0.4) is 0 Å². The fraction of sp³-hybridized carbons (Fsp3) is 0.667. The van der Waals surface area contributed by atoms with Gasteiger partial charge in [-0.15, -0.1) is 0 Å². The Labute approximate surface area is 79.4 Å². The van der Waals surface area contributed by atoms with E-state index >= 15 is 0 Å². The van der Waals surface area contributed by atoms with Crippen molar-refractivity contribution in [1.29, 1.82) is 0 Å². The number of thiol groups is 1. The van der Waals surface area contributed by atoms with Gasteiger partial charge in [0, 0.05) is 12.7 Å². The minimum Gasteiger partial charge on any atom is -0.273 e. The first-order valence-electron chi connectivity index (χ1n) is 4.44. The molecule has 3 heteroatoms. The molecule has 0 saturated heterocycles. The van der Waals surface area contributed by atoms with Crippen LogP contribution in [0.2, 0.25) is 0 Å². The minimum atomic E-state index is 0.998. The van der Waals surface area contributed by atoms with Crippen LogP contribution >= 0.6 is 12.6 Å². The maximum atomic E-state index is 4.31. The van der Waals surface area contributed by atoms with E-state index in [4.69, 9.17) is 0 Å². The summed E-state index contributed by atoms with van der Waals surface area (Å²) >= 11 is 4.16. The van der Waals surface area contributed by atoms with Gasteiger partial charge in [-0.3, -0.25) is 4.68 Å². The van der Waals surface area contributed by atoms with Gasteiger partial charge in [0.25, 0.3) is 0 Å². The molecule has 1 rings (SSSR count). The van der Waals surface area contributed by atoms with Gasteiger partial charge < -0.3 is 0 Å². The molecule has 2 nitrogen and oxygen atoms in total. The second kappa shape index (κ2) is 5.25. The Hall–Kier alpha value is -0.440. The standard InChI is InChI=1S/C9H16N2S/c1-9-5-7-11(10-9)6-3-2-4-8-12/h5,7,12H,2-4,6,8H2,1H3. The van der Waals surface area contributed by atoms with Crippen LogP contribution in [-0.4, -0.2) is 15.5 Å². The first-order valence-corrected chi connectivity index (χ1v) is 5.07. The van der Waals surface area contributed by atoms with E-state index < -0.39 is 0 Å². The second-order valence-electron chi connectivity index (χ2n) is 3.00. The third-order valence-electron chi connectivity index (χ3n) is 1.82. The third kappa shape index (κ3) is 3.30. The molecule has 1 aromatic heterocycles. The Kier molecular flexibility index (Phi) is 4.22. The van der Waals surface area contributed by atoms with Crippen molar-refractivity contribution in [2.75, 3.05) is 5.75 Å². The van der Waals surface area contributed by atoms with E-state index in [1.165, 1.54) is 19.3 Å². The molecule has 0 aliphatic heterocycles. The molecule has 0 aliphatic rings. The zero-order chi connectivity index (χ0) is 8.81. The molecule has 0 fully saturated rings. The number of unbranched alkanes of at least 4 members (excludes halogenated alkanes) is 2. The first-order chi connectivity index (χ1) is 5.83. The average molecular weight is 184 g/mol. The van der Waals surface area contributed by atoms with Crippen molar-refractivity contribution in [1.82, 2.24) is 9.78 Å². The summed E-state index contributed by atoms with van der Waals surface area (Å²) in [6.45, 7) is 3.06. The monoisotopic (exact) mass is 184 g/mol. The Bertz CT molecular complexity index is 220. The summed E-state index contributed by atoms with van der Waals surface area (Å²) in [4.78, 5) is 0. The molecule has 0 atom stereocenters. The maximum Gasteiger partial charge on any atom is 0.0593 e. The van der Waals surface area contributed by atoms with Crippen LogP contribution in [0.1, 0.15) is 25.0 Å². The topological polar surface area (TPSA) is 17.8 Å². The molecule has 0 saturated carbocycles. The van der Waals surface area contributed by atoms with Gasteiger partial charge in [0.1, 0.15) is 0 Å². The lowest BCUT2D eigenvalue weighted by atomic mass is 10.2. The fourth-order valence-corrected chi connectivity index (χ4v) is 1.37. The van der Waals surface area contributed by atoms with Gasteiger partial charge in [0.15, 0.2) is 0 Å².